The molecule has 0 aliphatic carbocycles. The van der Waals surface area contributed by atoms with E-state index in [2.05, 4.69) is 5.32 Å². The van der Waals surface area contributed by atoms with Gasteiger partial charge in [0.25, 0.3) is 0 Å². The predicted molar refractivity (Wildman–Crippen MR) is 117 cm³/mol. The molecule has 2 aliphatic rings. The molecular formula is C22H24FN3O4S. The van der Waals surface area contributed by atoms with Crippen LogP contribution in [-0.4, -0.2) is 39.1 Å². The topological polar surface area (TPSA) is 86.8 Å². The van der Waals surface area contributed by atoms with Gasteiger partial charge in [-0.25, -0.2) is 12.8 Å². The Balaban J connectivity index is 1.47. The molecular weight excluding hydrogens is 421 g/mol. The SMILES string of the molecule is CCS(=O)(=O)N1CCCc2cc(NC(=O)C3CC(=O)N(c4ccc(F)cc4)C3)ccc21. The molecule has 31 heavy (non-hydrogen) atoms. The molecule has 2 heterocycles. The van der Waals surface area contributed by atoms with E-state index >= 15 is 0 Å². The molecule has 2 amide bonds. The van der Waals surface area contributed by atoms with Crippen molar-refractivity contribution in [1.82, 2.24) is 0 Å². The highest BCUT2D eigenvalue weighted by atomic mass is 32.2. The van der Waals surface area contributed by atoms with Crippen molar-refractivity contribution in [3.05, 3.63) is 53.8 Å². The van der Waals surface area contributed by atoms with Gasteiger partial charge in [0.15, 0.2) is 0 Å². The maximum absolute atomic E-state index is 13.1. The van der Waals surface area contributed by atoms with Gasteiger partial charge in [0, 0.05) is 30.9 Å². The molecule has 7 nitrogen and oxygen atoms in total. The highest BCUT2D eigenvalue weighted by Gasteiger charge is 2.35. The predicted octanol–water partition coefficient (Wildman–Crippen LogP) is 2.92. The second-order valence-corrected chi connectivity index (χ2v) is 9.97. The number of hydrogen-bond acceptors (Lipinski definition) is 4. The fourth-order valence-electron chi connectivity index (χ4n) is 4.08. The maximum Gasteiger partial charge on any atom is 0.234 e. The summed E-state index contributed by atoms with van der Waals surface area (Å²) in [6, 6.07) is 10.8. The molecule has 1 N–H and O–H groups in total. The molecule has 9 heteroatoms. The van der Waals surface area contributed by atoms with E-state index in [9.17, 15) is 22.4 Å². The number of aryl methyl sites for hydroxylation is 1. The summed E-state index contributed by atoms with van der Waals surface area (Å²) < 4.78 is 39.3. The van der Waals surface area contributed by atoms with Gasteiger partial charge < -0.3 is 10.2 Å². The second kappa shape index (κ2) is 8.30. The van der Waals surface area contributed by atoms with Crippen LogP contribution in [0.2, 0.25) is 0 Å². The monoisotopic (exact) mass is 445 g/mol. The van der Waals surface area contributed by atoms with Crippen LogP contribution in [0.25, 0.3) is 0 Å². The lowest BCUT2D eigenvalue weighted by atomic mass is 10.0. The summed E-state index contributed by atoms with van der Waals surface area (Å²) in [6.45, 7) is 2.30. The Morgan fingerprint density at radius 2 is 1.94 bits per heavy atom. The van der Waals surface area contributed by atoms with Crippen molar-refractivity contribution in [1.29, 1.82) is 0 Å². The van der Waals surface area contributed by atoms with Crippen LogP contribution in [0, 0.1) is 11.7 Å². The van der Waals surface area contributed by atoms with Gasteiger partial charge in [-0.2, -0.15) is 0 Å². The Hall–Kier alpha value is -2.94. The Kier molecular flexibility index (Phi) is 5.70. The molecule has 0 radical (unpaired) electrons. The highest BCUT2D eigenvalue weighted by Crippen LogP contribution is 2.32. The molecule has 0 aromatic heterocycles. The number of carbonyl (C=O) groups excluding carboxylic acids is 2. The lowest BCUT2D eigenvalue weighted by molar-refractivity contribution is -0.122. The molecule has 4 rings (SSSR count). The zero-order valence-electron chi connectivity index (χ0n) is 17.2. The Bertz CT molecular complexity index is 1120. The first-order valence-corrected chi connectivity index (χ1v) is 11.9. The number of rotatable bonds is 5. The minimum atomic E-state index is -3.35. The van der Waals surface area contributed by atoms with Crippen LogP contribution in [0.1, 0.15) is 25.3 Å². The molecule has 2 aromatic carbocycles. The number of carbonyl (C=O) groups is 2. The molecule has 1 atom stereocenters. The van der Waals surface area contributed by atoms with Crippen LogP contribution in [0.3, 0.4) is 0 Å². The van der Waals surface area contributed by atoms with Gasteiger partial charge in [0.1, 0.15) is 5.82 Å². The van der Waals surface area contributed by atoms with Gasteiger partial charge >= 0.3 is 0 Å². The molecule has 1 saturated heterocycles. The van der Waals surface area contributed by atoms with E-state index in [1.54, 1.807) is 25.1 Å². The lowest BCUT2D eigenvalue weighted by Crippen LogP contribution is -2.36. The zero-order valence-corrected chi connectivity index (χ0v) is 18.0. The van der Waals surface area contributed by atoms with E-state index < -0.39 is 15.9 Å². The molecule has 164 valence electrons. The minimum absolute atomic E-state index is 0.0329. The molecule has 1 unspecified atom stereocenters. The summed E-state index contributed by atoms with van der Waals surface area (Å²) in [5.41, 5.74) is 2.67. The van der Waals surface area contributed by atoms with Gasteiger partial charge in [0.05, 0.1) is 17.4 Å². The van der Waals surface area contributed by atoms with Gasteiger partial charge in [-0.15, -0.1) is 0 Å². The fourth-order valence-corrected chi connectivity index (χ4v) is 5.28. The van der Waals surface area contributed by atoms with Crippen LogP contribution < -0.4 is 14.5 Å². The van der Waals surface area contributed by atoms with Crippen molar-refractivity contribution < 1.29 is 22.4 Å². The van der Waals surface area contributed by atoms with Gasteiger partial charge in [-0.1, -0.05) is 0 Å². The summed E-state index contributed by atoms with van der Waals surface area (Å²) >= 11 is 0. The quantitative estimate of drug-likeness (QED) is 0.767. The van der Waals surface area contributed by atoms with Crippen molar-refractivity contribution in [2.24, 2.45) is 5.92 Å². The number of amides is 2. The van der Waals surface area contributed by atoms with Crippen LogP contribution in [-0.2, 0) is 26.0 Å². The smallest absolute Gasteiger partial charge is 0.234 e. The number of halogens is 1. The summed E-state index contributed by atoms with van der Waals surface area (Å²) in [5.74, 6) is -1.33. The lowest BCUT2D eigenvalue weighted by Gasteiger charge is -2.30. The van der Waals surface area contributed by atoms with Gasteiger partial charge in [-0.05, 0) is 67.8 Å². The van der Waals surface area contributed by atoms with E-state index in [0.717, 1.165) is 12.0 Å². The average Bonchev–Trinajstić information content (AvgIpc) is 3.15. The Morgan fingerprint density at radius 1 is 1.19 bits per heavy atom. The van der Waals surface area contributed by atoms with Crippen molar-refractivity contribution in [3.8, 4) is 0 Å². The highest BCUT2D eigenvalue weighted by molar-refractivity contribution is 7.92. The van der Waals surface area contributed by atoms with Crippen molar-refractivity contribution in [2.75, 3.05) is 33.4 Å². The summed E-state index contributed by atoms with van der Waals surface area (Å²) in [5, 5.41) is 2.86. The summed E-state index contributed by atoms with van der Waals surface area (Å²) in [4.78, 5) is 26.6. The zero-order chi connectivity index (χ0) is 22.2. The first-order chi connectivity index (χ1) is 14.8. The Labute approximate surface area is 180 Å². The third-order valence-electron chi connectivity index (χ3n) is 5.76. The molecule has 1 fully saturated rings. The number of nitrogens with zero attached hydrogens (tertiary/aromatic N) is 2. The van der Waals surface area contributed by atoms with E-state index in [-0.39, 0.29) is 36.4 Å². The summed E-state index contributed by atoms with van der Waals surface area (Å²) in [7, 11) is -3.35. The van der Waals surface area contributed by atoms with E-state index in [4.69, 9.17) is 0 Å². The number of anilines is 3. The first-order valence-electron chi connectivity index (χ1n) is 10.3. The third kappa shape index (κ3) is 4.27. The van der Waals surface area contributed by atoms with Crippen molar-refractivity contribution in [3.63, 3.8) is 0 Å². The van der Waals surface area contributed by atoms with E-state index in [0.29, 0.717) is 30.0 Å². The number of hydrogen-bond donors (Lipinski definition) is 1. The number of benzene rings is 2. The standard InChI is InChI=1S/C22H24FN3O4S/c1-2-31(29,30)26-11-3-4-15-12-18(7-10-20(15)26)24-22(28)16-13-21(27)25(14-16)19-8-5-17(23)6-9-19/h5-10,12,16H,2-4,11,13-14H2,1H3,(H,24,28). The maximum atomic E-state index is 13.1. The number of fused-ring (bicyclic) bond motifs is 1. The van der Waals surface area contributed by atoms with E-state index in [1.165, 1.54) is 33.5 Å². The average molecular weight is 446 g/mol. The van der Waals surface area contributed by atoms with Crippen molar-refractivity contribution in [2.45, 2.75) is 26.2 Å². The largest absolute Gasteiger partial charge is 0.326 e. The molecule has 0 saturated carbocycles. The van der Waals surface area contributed by atoms with Crippen LogP contribution in [0.5, 0.6) is 0 Å². The third-order valence-corrected chi connectivity index (χ3v) is 7.54. The molecule has 0 spiro atoms. The number of nitrogens with one attached hydrogen (secondary N) is 1. The minimum Gasteiger partial charge on any atom is -0.326 e. The second-order valence-electron chi connectivity index (χ2n) is 7.79. The number of sulfonamides is 1. The molecule has 2 aromatic rings. The fraction of sp³-hybridized carbons (Fsp3) is 0.364. The van der Waals surface area contributed by atoms with Gasteiger partial charge in [0.2, 0.25) is 21.8 Å². The molecule has 2 aliphatic heterocycles. The van der Waals surface area contributed by atoms with Crippen molar-refractivity contribution >= 4 is 38.9 Å². The van der Waals surface area contributed by atoms with E-state index in [1.807, 2.05) is 0 Å². The Morgan fingerprint density at radius 3 is 2.65 bits per heavy atom. The molecule has 0 bridgehead atoms. The summed E-state index contributed by atoms with van der Waals surface area (Å²) in [6.07, 6.45) is 1.53. The first kappa shape index (κ1) is 21.3. The van der Waals surface area contributed by atoms with Crippen LogP contribution in [0.4, 0.5) is 21.5 Å². The normalized spacial score (nSPS) is 18.8. The van der Waals surface area contributed by atoms with Crippen LogP contribution in [0.15, 0.2) is 42.5 Å². The van der Waals surface area contributed by atoms with Crippen LogP contribution >= 0.6 is 0 Å². The van der Waals surface area contributed by atoms with Gasteiger partial charge in [-0.3, -0.25) is 13.9 Å².